The Labute approximate surface area is 117 Å². The quantitative estimate of drug-likeness (QED) is 0.867. The second-order valence-corrected chi connectivity index (χ2v) is 5.21. The topological polar surface area (TPSA) is 41.1 Å². The predicted octanol–water partition coefficient (Wildman–Crippen LogP) is 2.01. The highest BCUT2D eigenvalue weighted by Crippen LogP contribution is 2.15. The highest BCUT2D eigenvalue weighted by Gasteiger charge is 2.15. The molecule has 5 heteroatoms. The number of hydrogen-bond donors (Lipinski definition) is 2. The molecule has 0 unspecified atom stereocenters. The summed E-state index contributed by atoms with van der Waals surface area (Å²) in [5.74, 6) is -1.04. The smallest absolute Gasteiger partial charge is 0.224 e. The minimum Gasteiger partial charge on any atom is -0.356 e. The van der Waals surface area contributed by atoms with Gasteiger partial charge in [-0.05, 0) is 50.4 Å². The van der Waals surface area contributed by atoms with Crippen LogP contribution in [0.5, 0.6) is 0 Å². The van der Waals surface area contributed by atoms with Crippen LogP contribution < -0.4 is 10.6 Å². The van der Waals surface area contributed by atoms with E-state index in [1.165, 1.54) is 18.2 Å². The van der Waals surface area contributed by atoms with Crippen molar-refractivity contribution in [3.8, 4) is 0 Å². The minimum atomic E-state index is -0.668. The van der Waals surface area contributed by atoms with E-state index in [-0.39, 0.29) is 17.9 Å². The summed E-state index contributed by atoms with van der Waals surface area (Å²) in [6.07, 6.45) is 2.92. The Kier molecular flexibility index (Phi) is 5.47. The van der Waals surface area contributed by atoms with Crippen molar-refractivity contribution in [2.24, 2.45) is 5.92 Å². The van der Waals surface area contributed by atoms with Gasteiger partial charge < -0.3 is 10.6 Å². The molecular weight excluding hydrogens is 262 g/mol. The lowest BCUT2D eigenvalue weighted by atomic mass is 9.95. The number of rotatable bonds is 5. The van der Waals surface area contributed by atoms with Crippen LogP contribution in [0, 0.1) is 17.6 Å². The summed E-state index contributed by atoms with van der Waals surface area (Å²) in [7, 11) is 0. The van der Waals surface area contributed by atoms with Crippen molar-refractivity contribution < 1.29 is 13.6 Å². The molecule has 1 amide bonds. The monoisotopic (exact) mass is 282 g/mol. The zero-order valence-electron chi connectivity index (χ0n) is 11.4. The molecule has 3 nitrogen and oxygen atoms in total. The van der Waals surface area contributed by atoms with Gasteiger partial charge in [0, 0.05) is 12.1 Å². The minimum absolute atomic E-state index is 0.160. The lowest BCUT2D eigenvalue weighted by molar-refractivity contribution is -0.120. The number of piperidine rings is 1. The van der Waals surface area contributed by atoms with Crippen molar-refractivity contribution in [2.75, 3.05) is 19.6 Å². The largest absolute Gasteiger partial charge is 0.356 e. The van der Waals surface area contributed by atoms with Gasteiger partial charge in [0.05, 0.1) is 6.42 Å². The highest BCUT2D eigenvalue weighted by molar-refractivity contribution is 5.78. The molecule has 0 aromatic heterocycles. The Hall–Kier alpha value is -1.49. The van der Waals surface area contributed by atoms with Crippen molar-refractivity contribution in [3.63, 3.8) is 0 Å². The van der Waals surface area contributed by atoms with E-state index in [2.05, 4.69) is 10.6 Å². The van der Waals surface area contributed by atoms with Gasteiger partial charge in [-0.15, -0.1) is 0 Å². The van der Waals surface area contributed by atoms with Crippen LogP contribution in [0.1, 0.15) is 24.8 Å². The second-order valence-electron chi connectivity index (χ2n) is 5.21. The van der Waals surface area contributed by atoms with Crippen LogP contribution in [0.3, 0.4) is 0 Å². The molecule has 1 aromatic rings. The van der Waals surface area contributed by atoms with Crippen molar-refractivity contribution in [3.05, 3.63) is 35.4 Å². The summed E-state index contributed by atoms with van der Waals surface area (Å²) < 4.78 is 26.8. The fourth-order valence-corrected chi connectivity index (χ4v) is 2.51. The maximum absolute atomic E-state index is 13.4. The van der Waals surface area contributed by atoms with Crippen LogP contribution in [0.15, 0.2) is 18.2 Å². The van der Waals surface area contributed by atoms with Crippen LogP contribution in [-0.2, 0) is 11.2 Å². The highest BCUT2D eigenvalue weighted by atomic mass is 19.1. The molecule has 1 heterocycles. The number of nitrogens with one attached hydrogen (secondary N) is 2. The summed E-state index contributed by atoms with van der Waals surface area (Å²) >= 11 is 0. The zero-order chi connectivity index (χ0) is 14.4. The first-order valence-corrected chi connectivity index (χ1v) is 7.07. The second kappa shape index (κ2) is 7.33. The van der Waals surface area contributed by atoms with E-state index in [1.54, 1.807) is 0 Å². The summed E-state index contributed by atoms with van der Waals surface area (Å²) in [5.41, 5.74) is -0.160. The average Bonchev–Trinajstić information content (AvgIpc) is 2.44. The van der Waals surface area contributed by atoms with Gasteiger partial charge in [0.25, 0.3) is 0 Å². The molecule has 1 fully saturated rings. The van der Waals surface area contributed by atoms with E-state index < -0.39 is 11.6 Å². The Balaban J connectivity index is 1.75. The maximum atomic E-state index is 13.4. The fourth-order valence-electron chi connectivity index (χ4n) is 2.51. The van der Waals surface area contributed by atoms with Crippen molar-refractivity contribution >= 4 is 5.91 Å². The lowest BCUT2D eigenvalue weighted by Gasteiger charge is -2.22. The standard InChI is InChI=1S/C15H20F2N2O/c16-13-2-1-3-14(17)12(13)10-15(20)19-9-6-11-4-7-18-8-5-11/h1-3,11,18H,4-10H2,(H,19,20). The summed E-state index contributed by atoms with van der Waals surface area (Å²) in [4.78, 5) is 11.7. The average molecular weight is 282 g/mol. The van der Waals surface area contributed by atoms with Crippen LogP contribution in [0.2, 0.25) is 0 Å². The molecule has 0 bridgehead atoms. The molecule has 0 radical (unpaired) electrons. The molecule has 0 saturated carbocycles. The molecule has 20 heavy (non-hydrogen) atoms. The van der Waals surface area contributed by atoms with Gasteiger partial charge in [-0.25, -0.2) is 8.78 Å². The fraction of sp³-hybridized carbons (Fsp3) is 0.533. The van der Waals surface area contributed by atoms with Crippen LogP contribution in [0.4, 0.5) is 8.78 Å². The SMILES string of the molecule is O=C(Cc1c(F)cccc1F)NCCC1CCNCC1. The molecule has 0 atom stereocenters. The molecule has 1 aliphatic rings. The summed E-state index contributed by atoms with van der Waals surface area (Å²) in [6.45, 7) is 2.62. The normalized spacial score (nSPS) is 16.1. The molecular formula is C15H20F2N2O. The molecule has 1 saturated heterocycles. The van der Waals surface area contributed by atoms with Crippen molar-refractivity contribution in [2.45, 2.75) is 25.7 Å². The Morgan fingerprint density at radius 2 is 1.90 bits per heavy atom. The van der Waals surface area contributed by atoms with Crippen LogP contribution >= 0.6 is 0 Å². The summed E-state index contributed by atoms with van der Waals surface area (Å²) in [5, 5.41) is 6.03. The van der Waals surface area contributed by atoms with Gasteiger partial charge >= 0.3 is 0 Å². The van der Waals surface area contributed by atoms with E-state index >= 15 is 0 Å². The number of amides is 1. The van der Waals surface area contributed by atoms with E-state index in [4.69, 9.17) is 0 Å². The first-order valence-electron chi connectivity index (χ1n) is 7.07. The number of carbonyl (C=O) groups is 1. The van der Waals surface area contributed by atoms with E-state index in [9.17, 15) is 13.6 Å². The van der Waals surface area contributed by atoms with Crippen molar-refractivity contribution in [1.82, 2.24) is 10.6 Å². The van der Waals surface area contributed by atoms with Crippen LogP contribution in [0.25, 0.3) is 0 Å². The molecule has 2 rings (SSSR count). The molecule has 0 aliphatic carbocycles. The third-order valence-electron chi connectivity index (χ3n) is 3.73. The first-order chi connectivity index (χ1) is 9.66. The van der Waals surface area contributed by atoms with Gasteiger partial charge in [0.2, 0.25) is 5.91 Å². The Morgan fingerprint density at radius 3 is 2.55 bits per heavy atom. The van der Waals surface area contributed by atoms with Gasteiger partial charge in [-0.2, -0.15) is 0 Å². The number of halogens is 2. The Morgan fingerprint density at radius 1 is 1.25 bits per heavy atom. The molecule has 1 aromatic carbocycles. The number of benzene rings is 1. The predicted molar refractivity (Wildman–Crippen MR) is 73.3 cm³/mol. The molecule has 2 N–H and O–H groups in total. The van der Waals surface area contributed by atoms with E-state index in [1.807, 2.05) is 0 Å². The number of hydrogen-bond acceptors (Lipinski definition) is 2. The zero-order valence-corrected chi connectivity index (χ0v) is 11.4. The Bertz CT molecular complexity index is 439. The molecule has 110 valence electrons. The molecule has 1 aliphatic heterocycles. The third-order valence-corrected chi connectivity index (χ3v) is 3.73. The number of carbonyl (C=O) groups excluding carboxylic acids is 1. The van der Waals surface area contributed by atoms with Gasteiger partial charge in [0.1, 0.15) is 11.6 Å². The van der Waals surface area contributed by atoms with E-state index in [0.29, 0.717) is 12.5 Å². The van der Waals surface area contributed by atoms with E-state index in [0.717, 1.165) is 32.4 Å². The van der Waals surface area contributed by atoms with Gasteiger partial charge in [-0.3, -0.25) is 4.79 Å². The van der Waals surface area contributed by atoms with Gasteiger partial charge in [0.15, 0.2) is 0 Å². The third kappa shape index (κ3) is 4.27. The van der Waals surface area contributed by atoms with Crippen molar-refractivity contribution in [1.29, 1.82) is 0 Å². The first kappa shape index (κ1) is 14.9. The molecule has 0 spiro atoms. The lowest BCUT2D eigenvalue weighted by Crippen LogP contribution is -2.32. The van der Waals surface area contributed by atoms with Gasteiger partial charge in [-0.1, -0.05) is 6.07 Å². The summed E-state index contributed by atoms with van der Waals surface area (Å²) in [6, 6.07) is 3.63. The van der Waals surface area contributed by atoms with Crippen LogP contribution in [-0.4, -0.2) is 25.5 Å². The maximum Gasteiger partial charge on any atom is 0.224 e.